The monoisotopic (exact) mass is 322 g/mol. The highest BCUT2D eigenvalue weighted by atomic mass is 16.5. The van der Waals surface area contributed by atoms with Crippen LogP contribution < -0.4 is 14.6 Å². The number of carbonyl (C=O) groups excluding carboxylic acids is 2. The third-order valence-corrected chi connectivity index (χ3v) is 4.13. The number of imide groups is 1. The number of para-hydroxylation sites is 1. The summed E-state index contributed by atoms with van der Waals surface area (Å²) in [4.78, 5) is 26.6. The molecule has 0 saturated carbocycles. The van der Waals surface area contributed by atoms with E-state index in [-0.39, 0.29) is 11.8 Å². The quantitative estimate of drug-likeness (QED) is 0.812. The molecule has 0 bridgehead atoms. The van der Waals surface area contributed by atoms with Gasteiger partial charge in [-0.2, -0.15) is 5.11 Å². The Kier molecular flexibility index (Phi) is 3.26. The van der Waals surface area contributed by atoms with Crippen molar-refractivity contribution >= 4 is 23.2 Å². The fourth-order valence-electron chi connectivity index (χ4n) is 2.94. The molecule has 2 aliphatic heterocycles. The average molecular weight is 322 g/mol. The number of hydrogen-bond acceptors (Lipinski definition) is 6. The molecule has 2 aliphatic rings. The lowest BCUT2D eigenvalue weighted by atomic mass is 10.1. The van der Waals surface area contributed by atoms with Gasteiger partial charge in [-0.05, 0) is 36.4 Å². The first-order chi connectivity index (χ1) is 11.7. The van der Waals surface area contributed by atoms with Crippen molar-refractivity contribution in [1.29, 1.82) is 0 Å². The van der Waals surface area contributed by atoms with Crippen LogP contribution >= 0.6 is 0 Å². The van der Waals surface area contributed by atoms with Crippen LogP contribution in [0.5, 0.6) is 5.75 Å². The fourth-order valence-corrected chi connectivity index (χ4v) is 2.94. The molecule has 2 atom stereocenters. The summed E-state index contributed by atoms with van der Waals surface area (Å²) in [7, 11) is 1.56. The first-order valence-electron chi connectivity index (χ1n) is 7.47. The Hall–Kier alpha value is -3.22. The number of rotatable bonds is 3. The van der Waals surface area contributed by atoms with Crippen molar-refractivity contribution in [3.05, 3.63) is 54.6 Å². The molecule has 2 aromatic carbocycles. The average Bonchev–Trinajstić information content (AvgIpc) is 3.17. The van der Waals surface area contributed by atoms with Crippen LogP contribution in [0.25, 0.3) is 0 Å². The second-order valence-corrected chi connectivity index (χ2v) is 5.48. The lowest BCUT2D eigenvalue weighted by Crippen LogP contribution is -2.39. The Morgan fingerprint density at radius 1 is 0.917 bits per heavy atom. The molecule has 7 nitrogen and oxygen atoms in total. The second kappa shape index (κ2) is 5.45. The first-order valence-corrected chi connectivity index (χ1v) is 7.47. The number of amides is 2. The third-order valence-electron chi connectivity index (χ3n) is 4.13. The van der Waals surface area contributed by atoms with Gasteiger partial charge in [0, 0.05) is 0 Å². The Labute approximate surface area is 138 Å². The van der Waals surface area contributed by atoms with Crippen LogP contribution in [0.15, 0.2) is 64.9 Å². The molecule has 120 valence electrons. The molecule has 7 heteroatoms. The van der Waals surface area contributed by atoms with Gasteiger partial charge in [0.05, 0.1) is 18.5 Å². The van der Waals surface area contributed by atoms with E-state index in [0.717, 1.165) is 5.69 Å². The van der Waals surface area contributed by atoms with Gasteiger partial charge >= 0.3 is 0 Å². The Morgan fingerprint density at radius 3 is 2.29 bits per heavy atom. The van der Waals surface area contributed by atoms with E-state index in [1.54, 1.807) is 31.4 Å². The number of ether oxygens (including phenoxy) is 1. The van der Waals surface area contributed by atoms with E-state index >= 15 is 0 Å². The number of nitrogens with zero attached hydrogens (tertiary/aromatic N) is 4. The summed E-state index contributed by atoms with van der Waals surface area (Å²) < 4.78 is 5.10. The molecule has 0 N–H and O–H groups in total. The van der Waals surface area contributed by atoms with E-state index in [9.17, 15) is 9.59 Å². The van der Waals surface area contributed by atoms with Crippen molar-refractivity contribution in [2.75, 3.05) is 17.0 Å². The molecule has 4 rings (SSSR count). The highest BCUT2D eigenvalue weighted by Crippen LogP contribution is 2.35. The van der Waals surface area contributed by atoms with Gasteiger partial charge in [-0.25, -0.2) is 9.91 Å². The number of fused-ring (bicyclic) bond motifs is 1. The number of methoxy groups -OCH3 is 1. The highest BCUT2D eigenvalue weighted by molar-refractivity contribution is 6.26. The first kappa shape index (κ1) is 14.4. The summed E-state index contributed by atoms with van der Waals surface area (Å²) in [6.45, 7) is 0. The number of anilines is 2. The van der Waals surface area contributed by atoms with Gasteiger partial charge in [0.1, 0.15) is 5.75 Å². The Bertz CT molecular complexity index is 819. The summed E-state index contributed by atoms with van der Waals surface area (Å²) in [5.41, 5.74) is 1.23. The van der Waals surface area contributed by atoms with Crippen LogP contribution in [0, 0.1) is 0 Å². The number of benzene rings is 2. The Balaban J connectivity index is 1.67. The van der Waals surface area contributed by atoms with Crippen molar-refractivity contribution in [2.24, 2.45) is 10.3 Å². The molecule has 0 unspecified atom stereocenters. The van der Waals surface area contributed by atoms with Gasteiger partial charge in [-0.15, -0.1) is 0 Å². The van der Waals surface area contributed by atoms with Crippen LogP contribution in [0.3, 0.4) is 0 Å². The molecule has 1 saturated heterocycles. The van der Waals surface area contributed by atoms with Crippen LogP contribution in [0.2, 0.25) is 0 Å². The normalized spacial score (nSPS) is 22.2. The lowest BCUT2D eigenvalue weighted by molar-refractivity contribution is -0.121. The zero-order chi connectivity index (χ0) is 16.7. The molecule has 0 aromatic heterocycles. The molecule has 2 aromatic rings. The van der Waals surface area contributed by atoms with Gasteiger partial charge in [-0.1, -0.05) is 23.4 Å². The largest absolute Gasteiger partial charge is 0.497 e. The maximum absolute atomic E-state index is 12.8. The zero-order valence-electron chi connectivity index (χ0n) is 12.9. The highest BCUT2D eigenvalue weighted by Gasteiger charge is 2.55. The minimum Gasteiger partial charge on any atom is -0.497 e. The fraction of sp³-hybridized carbons (Fsp3) is 0.176. The van der Waals surface area contributed by atoms with E-state index in [1.165, 1.54) is 9.91 Å². The smallest absolute Gasteiger partial charge is 0.263 e. The molecule has 0 radical (unpaired) electrons. The van der Waals surface area contributed by atoms with Crippen molar-refractivity contribution in [1.82, 2.24) is 0 Å². The lowest BCUT2D eigenvalue weighted by Gasteiger charge is -2.20. The van der Waals surface area contributed by atoms with Crippen molar-refractivity contribution in [3.63, 3.8) is 0 Å². The predicted octanol–water partition coefficient (Wildman–Crippen LogP) is 2.19. The molecule has 2 amide bonds. The molecule has 24 heavy (non-hydrogen) atoms. The maximum atomic E-state index is 12.8. The summed E-state index contributed by atoms with van der Waals surface area (Å²) in [5.74, 6) is -0.0370. The summed E-state index contributed by atoms with van der Waals surface area (Å²) in [6.07, 6.45) is 0. The summed E-state index contributed by atoms with van der Waals surface area (Å²) in [6, 6.07) is 14.5. The number of hydrogen-bond donors (Lipinski definition) is 0. The van der Waals surface area contributed by atoms with Gasteiger partial charge in [0.15, 0.2) is 12.1 Å². The van der Waals surface area contributed by atoms with Gasteiger partial charge in [0.2, 0.25) is 0 Å². The molecular weight excluding hydrogens is 308 g/mol. The third kappa shape index (κ3) is 2.05. The molecule has 1 fully saturated rings. The SMILES string of the molecule is COc1ccc(N2C(=O)[C@H]3N=NN(c4ccccc4)[C@@H]3C2=O)cc1. The predicted molar refractivity (Wildman–Crippen MR) is 86.8 cm³/mol. The van der Waals surface area contributed by atoms with Crippen molar-refractivity contribution in [3.8, 4) is 5.75 Å². The van der Waals surface area contributed by atoms with E-state index < -0.39 is 12.1 Å². The van der Waals surface area contributed by atoms with E-state index in [0.29, 0.717) is 11.4 Å². The molecule has 0 spiro atoms. The van der Waals surface area contributed by atoms with Crippen LogP contribution in [0.4, 0.5) is 11.4 Å². The molecule has 2 heterocycles. The van der Waals surface area contributed by atoms with Crippen molar-refractivity contribution < 1.29 is 14.3 Å². The van der Waals surface area contributed by atoms with Crippen LogP contribution in [0.1, 0.15) is 0 Å². The van der Waals surface area contributed by atoms with E-state index in [1.807, 2.05) is 30.3 Å². The number of carbonyl (C=O) groups is 2. The standard InChI is InChI=1S/C17H14N4O3/c1-24-13-9-7-11(8-10-13)20-16(22)14-15(17(20)23)21(19-18-14)12-5-3-2-4-6-12/h2-10,14-15H,1H3/t14-,15-/m0/s1. The second-order valence-electron chi connectivity index (χ2n) is 5.48. The summed E-state index contributed by atoms with van der Waals surface area (Å²) >= 11 is 0. The van der Waals surface area contributed by atoms with E-state index in [2.05, 4.69) is 10.3 Å². The van der Waals surface area contributed by atoms with Gasteiger partial charge < -0.3 is 4.74 Å². The minimum atomic E-state index is -0.806. The topological polar surface area (TPSA) is 74.6 Å². The Morgan fingerprint density at radius 2 is 1.62 bits per heavy atom. The minimum absolute atomic E-state index is 0.330. The maximum Gasteiger partial charge on any atom is 0.263 e. The van der Waals surface area contributed by atoms with Crippen molar-refractivity contribution in [2.45, 2.75) is 12.1 Å². The van der Waals surface area contributed by atoms with Crippen LogP contribution in [-0.2, 0) is 9.59 Å². The van der Waals surface area contributed by atoms with Gasteiger partial charge in [0.25, 0.3) is 11.8 Å². The molecular formula is C17H14N4O3. The molecule has 0 aliphatic carbocycles. The van der Waals surface area contributed by atoms with Crippen LogP contribution in [-0.4, -0.2) is 31.0 Å². The summed E-state index contributed by atoms with van der Waals surface area (Å²) in [5, 5.41) is 9.54. The van der Waals surface area contributed by atoms with E-state index in [4.69, 9.17) is 4.74 Å². The zero-order valence-corrected chi connectivity index (χ0v) is 12.9. The van der Waals surface area contributed by atoms with Gasteiger partial charge in [-0.3, -0.25) is 9.59 Å².